The molecule has 1 rings (SSSR count). The van der Waals surface area contributed by atoms with E-state index in [2.05, 4.69) is 13.3 Å². The summed E-state index contributed by atoms with van der Waals surface area (Å²) in [6, 6.07) is 5.96. The number of hydrogen-bond acceptors (Lipinski definition) is 2. The summed E-state index contributed by atoms with van der Waals surface area (Å²) in [6.07, 6.45) is 4.45. The van der Waals surface area contributed by atoms with Gasteiger partial charge in [0.15, 0.2) is 11.5 Å². The number of ether oxygens (including phenoxy) is 2. The molecule has 0 fully saturated rings. The van der Waals surface area contributed by atoms with E-state index >= 15 is 0 Å². The minimum absolute atomic E-state index is 0.779. The monoisotopic (exact) mass is 193 g/mol. The summed E-state index contributed by atoms with van der Waals surface area (Å²) in [5, 5.41) is 0. The molecular formula is C12H17O2. The van der Waals surface area contributed by atoms with Gasteiger partial charge < -0.3 is 9.47 Å². The van der Waals surface area contributed by atoms with Crippen LogP contribution in [0.3, 0.4) is 0 Å². The first-order valence-corrected chi connectivity index (χ1v) is 4.87. The van der Waals surface area contributed by atoms with Crippen LogP contribution in [0.25, 0.3) is 0 Å². The summed E-state index contributed by atoms with van der Waals surface area (Å²) < 4.78 is 10.4. The molecule has 0 bridgehead atoms. The Kier molecular flexibility index (Phi) is 4.30. The van der Waals surface area contributed by atoms with Crippen LogP contribution in [0.4, 0.5) is 0 Å². The van der Waals surface area contributed by atoms with Gasteiger partial charge in [-0.3, -0.25) is 0 Å². The number of methoxy groups -OCH3 is 2. The van der Waals surface area contributed by atoms with Crippen molar-refractivity contribution >= 4 is 0 Å². The zero-order valence-corrected chi connectivity index (χ0v) is 9.04. The van der Waals surface area contributed by atoms with Crippen LogP contribution in [0, 0.1) is 6.42 Å². The van der Waals surface area contributed by atoms with Crippen molar-refractivity contribution in [2.45, 2.75) is 19.8 Å². The first kappa shape index (κ1) is 10.9. The van der Waals surface area contributed by atoms with Gasteiger partial charge in [-0.2, -0.15) is 0 Å². The molecule has 0 N–H and O–H groups in total. The van der Waals surface area contributed by atoms with Gasteiger partial charge in [-0.15, -0.1) is 0 Å². The third kappa shape index (κ3) is 2.66. The lowest BCUT2D eigenvalue weighted by Crippen LogP contribution is -1.91. The van der Waals surface area contributed by atoms with Gasteiger partial charge in [0.25, 0.3) is 0 Å². The summed E-state index contributed by atoms with van der Waals surface area (Å²) in [5.74, 6) is 1.57. The first-order valence-electron chi connectivity index (χ1n) is 4.87. The van der Waals surface area contributed by atoms with Crippen LogP contribution in [0.2, 0.25) is 0 Å². The Morgan fingerprint density at radius 1 is 1.14 bits per heavy atom. The molecule has 0 spiro atoms. The molecule has 0 heterocycles. The van der Waals surface area contributed by atoms with Crippen LogP contribution in [-0.4, -0.2) is 14.2 Å². The van der Waals surface area contributed by atoms with E-state index in [0.29, 0.717) is 0 Å². The predicted octanol–water partition coefficient (Wildman–Crippen LogP) is 3.06. The summed E-state index contributed by atoms with van der Waals surface area (Å²) in [5.41, 5.74) is 1.18. The van der Waals surface area contributed by atoms with Crippen LogP contribution < -0.4 is 9.47 Å². The Morgan fingerprint density at radius 2 is 1.86 bits per heavy atom. The average molecular weight is 193 g/mol. The molecule has 1 aromatic rings. The van der Waals surface area contributed by atoms with Crippen molar-refractivity contribution in [3.8, 4) is 11.5 Å². The van der Waals surface area contributed by atoms with E-state index in [9.17, 15) is 0 Å². The highest BCUT2D eigenvalue weighted by atomic mass is 16.5. The van der Waals surface area contributed by atoms with Crippen molar-refractivity contribution in [1.82, 2.24) is 0 Å². The van der Waals surface area contributed by atoms with Gasteiger partial charge in [0, 0.05) is 0 Å². The molecule has 77 valence electrons. The number of hydrogen-bond donors (Lipinski definition) is 0. The molecule has 0 saturated heterocycles. The van der Waals surface area contributed by atoms with Crippen LogP contribution in [0.5, 0.6) is 11.5 Å². The Balaban J connectivity index is 2.79. The van der Waals surface area contributed by atoms with Crippen LogP contribution in [0.15, 0.2) is 18.2 Å². The first-order chi connectivity index (χ1) is 6.81. The SMILES string of the molecule is CCC[CH]c1ccc(OC)c(OC)c1. The lowest BCUT2D eigenvalue weighted by Gasteiger charge is -2.08. The molecule has 2 nitrogen and oxygen atoms in total. The van der Waals surface area contributed by atoms with Gasteiger partial charge >= 0.3 is 0 Å². The Hall–Kier alpha value is -1.18. The number of benzene rings is 1. The zero-order chi connectivity index (χ0) is 10.4. The maximum atomic E-state index is 5.21. The second-order valence-corrected chi connectivity index (χ2v) is 3.11. The average Bonchev–Trinajstić information content (AvgIpc) is 2.25. The fourth-order valence-electron chi connectivity index (χ4n) is 1.29. The zero-order valence-electron chi connectivity index (χ0n) is 9.04. The van der Waals surface area contributed by atoms with Gasteiger partial charge in [0.2, 0.25) is 0 Å². The highest BCUT2D eigenvalue weighted by Crippen LogP contribution is 2.28. The molecule has 1 radical (unpaired) electrons. The van der Waals surface area contributed by atoms with E-state index in [-0.39, 0.29) is 0 Å². The van der Waals surface area contributed by atoms with E-state index in [1.54, 1.807) is 14.2 Å². The van der Waals surface area contributed by atoms with Gasteiger partial charge in [-0.05, 0) is 30.5 Å². The molecule has 0 aliphatic heterocycles. The van der Waals surface area contributed by atoms with Crippen molar-refractivity contribution < 1.29 is 9.47 Å². The van der Waals surface area contributed by atoms with Gasteiger partial charge in [-0.1, -0.05) is 19.4 Å². The van der Waals surface area contributed by atoms with Gasteiger partial charge in [-0.25, -0.2) is 0 Å². The summed E-state index contributed by atoms with van der Waals surface area (Å²) in [4.78, 5) is 0. The fraction of sp³-hybridized carbons (Fsp3) is 0.417. The van der Waals surface area contributed by atoms with Crippen LogP contribution >= 0.6 is 0 Å². The highest BCUT2D eigenvalue weighted by molar-refractivity contribution is 5.44. The second kappa shape index (κ2) is 5.53. The topological polar surface area (TPSA) is 18.5 Å². The molecule has 1 aromatic carbocycles. The molecule has 0 atom stereocenters. The summed E-state index contributed by atoms with van der Waals surface area (Å²) in [6.45, 7) is 2.16. The Labute approximate surface area is 85.8 Å². The maximum Gasteiger partial charge on any atom is 0.160 e. The van der Waals surface area contributed by atoms with Crippen molar-refractivity contribution in [2.24, 2.45) is 0 Å². The molecule has 0 unspecified atom stereocenters. The van der Waals surface area contributed by atoms with E-state index in [4.69, 9.17) is 9.47 Å². The van der Waals surface area contributed by atoms with E-state index in [0.717, 1.165) is 24.3 Å². The third-order valence-electron chi connectivity index (χ3n) is 2.08. The van der Waals surface area contributed by atoms with Crippen LogP contribution in [-0.2, 0) is 0 Å². The van der Waals surface area contributed by atoms with Gasteiger partial charge in [0.1, 0.15) is 0 Å². The fourth-order valence-corrected chi connectivity index (χ4v) is 1.29. The largest absolute Gasteiger partial charge is 0.493 e. The quantitative estimate of drug-likeness (QED) is 0.715. The predicted molar refractivity (Wildman–Crippen MR) is 57.9 cm³/mol. The minimum atomic E-state index is 0.779. The minimum Gasteiger partial charge on any atom is -0.493 e. The number of rotatable bonds is 5. The highest BCUT2D eigenvalue weighted by Gasteiger charge is 2.03. The van der Waals surface area contributed by atoms with Crippen molar-refractivity contribution in [3.63, 3.8) is 0 Å². The van der Waals surface area contributed by atoms with E-state index in [1.165, 1.54) is 5.56 Å². The Bertz CT molecular complexity index is 282. The number of unbranched alkanes of at least 4 members (excludes halogenated alkanes) is 1. The van der Waals surface area contributed by atoms with Crippen LogP contribution in [0.1, 0.15) is 25.3 Å². The van der Waals surface area contributed by atoms with Gasteiger partial charge in [0.05, 0.1) is 14.2 Å². The summed E-state index contributed by atoms with van der Waals surface area (Å²) in [7, 11) is 3.30. The van der Waals surface area contributed by atoms with Crippen molar-refractivity contribution in [3.05, 3.63) is 30.2 Å². The maximum absolute atomic E-state index is 5.21. The Morgan fingerprint density at radius 3 is 2.43 bits per heavy atom. The smallest absolute Gasteiger partial charge is 0.160 e. The second-order valence-electron chi connectivity index (χ2n) is 3.11. The molecule has 2 heteroatoms. The molecule has 0 aliphatic carbocycles. The molecule has 0 saturated carbocycles. The molecular weight excluding hydrogens is 176 g/mol. The third-order valence-corrected chi connectivity index (χ3v) is 2.08. The normalized spacial score (nSPS) is 9.93. The standard InChI is InChI=1S/C12H17O2/c1-4-5-6-10-7-8-11(13-2)12(9-10)14-3/h6-9H,4-5H2,1-3H3. The summed E-state index contributed by atoms with van der Waals surface area (Å²) >= 11 is 0. The molecule has 0 amide bonds. The lowest BCUT2D eigenvalue weighted by atomic mass is 10.1. The molecule has 14 heavy (non-hydrogen) atoms. The van der Waals surface area contributed by atoms with E-state index in [1.807, 2.05) is 18.2 Å². The molecule has 0 aromatic heterocycles. The van der Waals surface area contributed by atoms with Crippen molar-refractivity contribution in [1.29, 1.82) is 0 Å². The molecule has 0 aliphatic rings. The van der Waals surface area contributed by atoms with Crippen molar-refractivity contribution in [2.75, 3.05) is 14.2 Å². The lowest BCUT2D eigenvalue weighted by molar-refractivity contribution is 0.354. The van der Waals surface area contributed by atoms with E-state index < -0.39 is 0 Å².